The molecule has 5 aromatic rings. The van der Waals surface area contributed by atoms with Crippen LogP contribution in [0.25, 0.3) is 22.4 Å². The molecule has 0 aliphatic carbocycles. The maximum atomic E-state index is 12.4. The molecule has 1 amide bonds. The summed E-state index contributed by atoms with van der Waals surface area (Å²) in [6.07, 6.45) is 4.61. The van der Waals surface area contributed by atoms with Gasteiger partial charge in [-0.3, -0.25) is 9.20 Å². The normalized spacial score (nSPS) is 11.3. The Morgan fingerprint density at radius 3 is 2.65 bits per heavy atom. The summed E-state index contributed by atoms with van der Waals surface area (Å²) in [6, 6.07) is 16.0. The maximum Gasteiger partial charge on any atom is 0.220 e. The van der Waals surface area contributed by atoms with Crippen LogP contribution in [0, 0.1) is 13.8 Å². The van der Waals surface area contributed by atoms with Gasteiger partial charge < -0.3 is 10.1 Å². The van der Waals surface area contributed by atoms with Gasteiger partial charge in [0.2, 0.25) is 5.91 Å². The Bertz CT molecular complexity index is 1480. The van der Waals surface area contributed by atoms with Crippen molar-refractivity contribution in [3.8, 4) is 17.0 Å². The zero-order valence-electron chi connectivity index (χ0n) is 19.4. The quantitative estimate of drug-likeness (QED) is 0.403. The van der Waals surface area contributed by atoms with Crippen LogP contribution in [0.15, 0.2) is 60.9 Å². The number of aryl methyl sites for hydroxylation is 3. The summed E-state index contributed by atoms with van der Waals surface area (Å²) >= 11 is 0. The van der Waals surface area contributed by atoms with E-state index in [1.54, 1.807) is 7.11 Å². The van der Waals surface area contributed by atoms with E-state index in [2.05, 4.69) is 47.6 Å². The molecule has 0 unspecified atom stereocenters. The number of carbonyl (C=O) groups excluding carboxylic acids is 1. The number of benzene rings is 2. The topological polar surface area (TPSA) is 85.8 Å². The predicted octanol–water partition coefficient (Wildman–Crippen LogP) is 3.92. The number of nitrogens with one attached hydrogen (secondary N) is 1. The molecule has 2 aromatic carbocycles. The van der Waals surface area contributed by atoms with E-state index in [9.17, 15) is 4.79 Å². The van der Waals surface area contributed by atoms with Crippen LogP contribution >= 0.6 is 0 Å². The van der Waals surface area contributed by atoms with E-state index >= 15 is 0 Å². The Labute approximate surface area is 197 Å². The summed E-state index contributed by atoms with van der Waals surface area (Å²) in [4.78, 5) is 12.4. The van der Waals surface area contributed by atoms with Crippen LogP contribution in [0.3, 0.4) is 0 Å². The zero-order valence-corrected chi connectivity index (χ0v) is 19.4. The van der Waals surface area contributed by atoms with E-state index in [0.717, 1.165) is 39.6 Å². The molecule has 3 heterocycles. The molecule has 1 N–H and O–H groups in total. The van der Waals surface area contributed by atoms with Crippen molar-refractivity contribution in [1.29, 1.82) is 0 Å². The minimum Gasteiger partial charge on any atom is -0.497 e. The van der Waals surface area contributed by atoms with E-state index in [1.807, 2.05) is 51.6 Å². The lowest BCUT2D eigenvalue weighted by Gasteiger charge is -2.06. The molecule has 0 atom stereocenters. The number of hydrogen-bond acceptors (Lipinski definition) is 5. The SMILES string of the molecule is COc1ccc(CNC(=O)CCc2nnc3c4cc(-c5cc(C)ccc5C)nn4ccn23)cc1. The molecule has 0 saturated heterocycles. The highest BCUT2D eigenvalue weighted by atomic mass is 16.5. The molecule has 172 valence electrons. The maximum absolute atomic E-state index is 12.4. The van der Waals surface area contributed by atoms with Crippen molar-refractivity contribution < 1.29 is 9.53 Å². The molecule has 34 heavy (non-hydrogen) atoms. The molecule has 8 heteroatoms. The Morgan fingerprint density at radius 2 is 1.85 bits per heavy atom. The molecule has 3 aromatic heterocycles. The molecule has 0 radical (unpaired) electrons. The number of carbonyl (C=O) groups is 1. The molecular weight excluding hydrogens is 428 g/mol. The minimum atomic E-state index is -0.0322. The fourth-order valence-electron chi connectivity index (χ4n) is 4.03. The standard InChI is InChI=1S/C26H26N6O2/c1-17-4-5-18(2)21(14-17)22-15-23-26-29-28-24(31(26)12-13-32(23)30-22)10-11-25(33)27-16-19-6-8-20(34-3)9-7-19/h4-9,12-15H,10-11,16H2,1-3H3,(H,27,33). The Balaban J connectivity index is 1.30. The summed E-state index contributed by atoms with van der Waals surface area (Å²) in [6.45, 7) is 4.64. The second-order valence-corrected chi connectivity index (χ2v) is 8.41. The predicted molar refractivity (Wildman–Crippen MR) is 130 cm³/mol. The lowest BCUT2D eigenvalue weighted by atomic mass is 10.0. The molecule has 0 spiro atoms. The van der Waals surface area contributed by atoms with Gasteiger partial charge in [0.25, 0.3) is 0 Å². The summed E-state index contributed by atoms with van der Waals surface area (Å²) < 4.78 is 8.92. The lowest BCUT2D eigenvalue weighted by molar-refractivity contribution is -0.121. The van der Waals surface area contributed by atoms with Crippen LogP contribution in [0.5, 0.6) is 5.75 Å². The summed E-state index contributed by atoms with van der Waals surface area (Å²) in [7, 11) is 1.63. The van der Waals surface area contributed by atoms with Crippen molar-refractivity contribution >= 4 is 17.1 Å². The Kier molecular flexibility index (Phi) is 5.71. The number of rotatable bonds is 7. The second kappa shape index (κ2) is 8.97. The van der Waals surface area contributed by atoms with Gasteiger partial charge in [0.1, 0.15) is 17.1 Å². The molecule has 0 saturated carbocycles. The second-order valence-electron chi connectivity index (χ2n) is 8.41. The van der Waals surface area contributed by atoms with Gasteiger partial charge in [-0.25, -0.2) is 4.52 Å². The lowest BCUT2D eigenvalue weighted by Crippen LogP contribution is -2.23. The molecule has 0 aliphatic heterocycles. The summed E-state index contributed by atoms with van der Waals surface area (Å²) in [5, 5.41) is 16.4. The Morgan fingerprint density at radius 1 is 1.03 bits per heavy atom. The average Bonchev–Trinajstić information content (AvgIpc) is 3.47. The number of amides is 1. The van der Waals surface area contributed by atoms with Crippen molar-refractivity contribution in [2.24, 2.45) is 0 Å². The third-order valence-electron chi connectivity index (χ3n) is 5.98. The van der Waals surface area contributed by atoms with E-state index in [1.165, 1.54) is 11.1 Å². The van der Waals surface area contributed by atoms with Crippen LogP contribution in [0.2, 0.25) is 0 Å². The fraction of sp³-hybridized carbons (Fsp3) is 0.231. The van der Waals surface area contributed by atoms with E-state index in [-0.39, 0.29) is 5.91 Å². The van der Waals surface area contributed by atoms with Crippen molar-refractivity contribution in [2.75, 3.05) is 7.11 Å². The first-order valence-corrected chi connectivity index (χ1v) is 11.2. The van der Waals surface area contributed by atoms with E-state index < -0.39 is 0 Å². The smallest absolute Gasteiger partial charge is 0.220 e. The first-order valence-electron chi connectivity index (χ1n) is 11.2. The zero-order chi connectivity index (χ0) is 23.7. The first kappa shape index (κ1) is 21.6. The van der Waals surface area contributed by atoms with Crippen LogP contribution in [0.1, 0.15) is 28.9 Å². The van der Waals surface area contributed by atoms with Crippen LogP contribution in [-0.4, -0.2) is 37.2 Å². The van der Waals surface area contributed by atoms with Crippen molar-refractivity contribution in [3.05, 3.63) is 83.4 Å². The van der Waals surface area contributed by atoms with Gasteiger partial charge in [-0.1, -0.05) is 29.8 Å². The van der Waals surface area contributed by atoms with Crippen molar-refractivity contribution in [3.63, 3.8) is 0 Å². The van der Waals surface area contributed by atoms with Gasteiger partial charge in [-0.15, -0.1) is 10.2 Å². The molecule has 5 rings (SSSR count). The van der Waals surface area contributed by atoms with Gasteiger partial charge in [0.05, 0.1) is 12.8 Å². The van der Waals surface area contributed by atoms with Gasteiger partial charge in [0.15, 0.2) is 5.65 Å². The van der Waals surface area contributed by atoms with Crippen LogP contribution in [0.4, 0.5) is 0 Å². The first-order chi connectivity index (χ1) is 16.5. The third kappa shape index (κ3) is 4.22. The van der Waals surface area contributed by atoms with Gasteiger partial charge >= 0.3 is 0 Å². The van der Waals surface area contributed by atoms with E-state index in [4.69, 9.17) is 9.84 Å². The van der Waals surface area contributed by atoms with Crippen LogP contribution < -0.4 is 10.1 Å². The third-order valence-corrected chi connectivity index (χ3v) is 5.98. The average molecular weight is 455 g/mol. The van der Waals surface area contributed by atoms with Crippen LogP contribution in [-0.2, 0) is 17.8 Å². The largest absolute Gasteiger partial charge is 0.497 e. The molecule has 0 fully saturated rings. The molecule has 0 aliphatic rings. The van der Waals surface area contributed by atoms with Gasteiger partial charge in [-0.2, -0.15) is 5.10 Å². The van der Waals surface area contributed by atoms with Gasteiger partial charge in [0, 0.05) is 37.3 Å². The number of nitrogens with zero attached hydrogens (tertiary/aromatic N) is 5. The highest BCUT2D eigenvalue weighted by Crippen LogP contribution is 2.26. The highest BCUT2D eigenvalue weighted by molar-refractivity contribution is 5.78. The summed E-state index contributed by atoms with van der Waals surface area (Å²) in [5.41, 5.74) is 6.99. The monoisotopic (exact) mass is 454 g/mol. The van der Waals surface area contributed by atoms with Crippen molar-refractivity contribution in [1.82, 2.24) is 29.5 Å². The molecule has 8 nitrogen and oxygen atoms in total. The van der Waals surface area contributed by atoms with Gasteiger partial charge in [-0.05, 0) is 49.2 Å². The Hall–Kier alpha value is -4.20. The number of fused-ring (bicyclic) bond motifs is 3. The number of ether oxygens (including phenoxy) is 1. The molecular formula is C26H26N6O2. The molecule has 0 bridgehead atoms. The minimum absolute atomic E-state index is 0.0322. The van der Waals surface area contributed by atoms with E-state index in [0.29, 0.717) is 19.4 Å². The number of aromatic nitrogens is 5. The number of methoxy groups -OCH3 is 1. The number of hydrogen-bond donors (Lipinski definition) is 1. The highest BCUT2D eigenvalue weighted by Gasteiger charge is 2.14. The van der Waals surface area contributed by atoms with Crippen molar-refractivity contribution in [2.45, 2.75) is 33.2 Å². The summed E-state index contributed by atoms with van der Waals surface area (Å²) in [5.74, 6) is 1.50. The fourth-order valence-corrected chi connectivity index (χ4v) is 4.03.